The van der Waals surface area contributed by atoms with E-state index in [2.05, 4.69) is 22.6 Å². The van der Waals surface area contributed by atoms with Crippen LogP contribution in [-0.2, 0) is 19.9 Å². The third-order valence-electron chi connectivity index (χ3n) is 3.49. The summed E-state index contributed by atoms with van der Waals surface area (Å²) in [6.07, 6.45) is 1.55. The van der Waals surface area contributed by atoms with E-state index >= 15 is 0 Å². The van der Waals surface area contributed by atoms with Crippen molar-refractivity contribution < 1.29 is 19.1 Å². The molecule has 1 unspecified atom stereocenters. The molecule has 5 heteroatoms. The lowest BCUT2D eigenvalue weighted by Gasteiger charge is -2.29. The van der Waals surface area contributed by atoms with Gasteiger partial charge < -0.3 is 9.47 Å². The maximum absolute atomic E-state index is 12.3. The number of hydrogen-bond donors (Lipinski definition) is 0. The molecule has 1 aromatic carbocycles. The Kier molecular flexibility index (Phi) is 5.14. The van der Waals surface area contributed by atoms with Crippen LogP contribution in [0.5, 0.6) is 0 Å². The van der Waals surface area contributed by atoms with Gasteiger partial charge in [-0.3, -0.25) is 4.79 Å². The van der Waals surface area contributed by atoms with Gasteiger partial charge in [-0.2, -0.15) is 0 Å². The highest BCUT2D eigenvalue weighted by Gasteiger charge is 2.47. The molecule has 0 aromatic heterocycles. The van der Waals surface area contributed by atoms with Crippen LogP contribution in [0.15, 0.2) is 24.3 Å². The Morgan fingerprint density at radius 2 is 2.00 bits per heavy atom. The van der Waals surface area contributed by atoms with Crippen molar-refractivity contribution in [2.75, 3.05) is 4.43 Å². The lowest BCUT2D eigenvalue weighted by molar-refractivity contribution is -0.160. The minimum absolute atomic E-state index is 0.0592. The minimum atomic E-state index is -0.888. The maximum Gasteiger partial charge on any atom is 0.339 e. The largest absolute Gasteiger partial charge is 0.460 e. The van der Waals surface area contributed by atoms with Gasteiger partial charge >= 0.3 is 11.9 Å². The number of fused-ring (bicyclic) bond motifs is 1. The molecule has 0 saturated carbocycles. The zero-order valence-electron chi connectivity index (χ0n) is 13.1. The average molecular weight is 416 g/mol. The van der Waals surface area contributed by atoms with Gasteiger partial charge in [-0.15, -0.1) is 0 Å². The third kappa shape index (κ3) is 3.80. The van der Waals surface area contributed by atoms with Gasteiger partial charge in [0.1, 0.15) is 11.2 Å². The first-order valence-corrected chi connectivity index (χ1v) is 8.91. The SMILES string of the molecule is CC(C)(C)OC(=O)CC1(CCCI)OC(=O)c2ccccc21. The summed E-state index contributed by atoms with van der Waals surface area (Å²) in [6, 6.07) is 7.30. The van der Waals surface area contributed by atoms with E-state index < -0.39 is 11.2 Å². The molecule has 4 nitrogen and oxygen atoms in total. The van der Waals surface area contributed by atoms with Crippen molar-refractivity contribution in [2.24, 2.45) is 0 Å². The topological polar surface area (TPSA) is 52.6 Å². The Hall–Kier alpha value is -1.11. The summed E-state index contributed by atoms with van der Waals surface area (Å²) in [4.78, 5) is 24.4. The Bertz CT molecular complexity index is 576. The Balaban J connectivity index is 2.31. The van der Waals surface area contributed by atoms with E-state index in [9.17, 15) is 9.59 Å². The van der Waals surface area contributed by atoms with Crippen molar-refractivity contribution in [3.63, 3.8) is 0 Å². The fourth-order valence-electron chi connectivity index (χ4n) is 2.71. The van der Waals surface area contributed by atoms with E-state index in [1.807, 2.05) is 39.0 Å². The molecule has 1 heterocycles. The number of ether oxygens (including phenoxy) is 2. The van der Waals surface area contributed by atoms with Gasteiger partial charge in [-0.1, -0.05) is 40.8 Å². The first kappa shape index (κ1) is 17.2. The average Bonchev–Trinajstić information content (AvgIpc) is 2.68. The van der Waals surface area contributed by atoms with E-state index in [1.165, 1.54) is 0 Å². The van der Waals surface area contributed by atoms with Gasteiger partial charge in [0.15, 0.2) is 0 Å². The molecule has 0 N–H and O–H groups in total. The molecule has 0 saturated heterocycles. The van der Waals surface area contributed by atoms with E-state index in [4.69, 9.17) is 9.47 Å². The van der Waals surface area contributed by atoms with Crippen molar-refractivity contribution in [2.45, 2.75) is 51.2 Å². The predicted octanol–water partition coefficient (Wildman–Crippen LogP) is 4.00. The fraction of sp³-hybridized carbons (Fsp3) is 0.529. The number of halogens is 1. The molecule has 2 rings (SSSR count). The number of benzene rings is 1. The van der Waals surface area contributed by atoms with Crippen molar-refractivity contribution in [1.82, 2.24) is 0 Å². The van der Waals surface area contributed by atoms with E-state index in [0.717, 1.165) is 16.4 Å². The van der Waals surface area contributed by atoms with Gasteiger partial charge in [0.05, 0.1) is 12.0 Å². The molecular weight excluding hydrogens is 395 g/mol. The van der Waals surface area contributed by atoms with Crippen LogP contribution in [0.25, 0.3) is 0 Å². The first-order valence-electron chi connectivity index (χ1n) is 7.38. The number of rotatable bonds is 5. The Morgan fingerprint density at radius 3 is 2.64 bits per heavy atom. The number of cyclic esters (lactones) is 1. The van der Waals surface area contributed by atoms with Crippen LogP contribution in [0.1, 0.15) is 56.0 Å². The van der Waals surface area contributed by atoms with Gasteiger partial charge in [-0.25, -0.2) is 4.79 Å². The predicted molar refractivity (Wildman–Crippen MR) is 92.1 cm³/mol. The summed E-state index contributed by atoms with van der Waals surface area (Å²) in [7, 11) is 0. The van der Waals surface area contributed by atoms with Crippen LogP contribution in [0, 0.1) is 0 Å². The highest BCUT2D eigenvalue weighted by Crippen LogP contribution is 2.43. The second kappa shape index (κ2) is 6.56. The number of hydrogen-bond acceptors (Lipinski definition) is 4. The number of carbonyl (C=O) groups excluding carboxylic acids is 2. The fourth-order valence-corrected chi connectivity index (χ4v) is 3.10. The van der Waals surface area contributed by atoms with Crippen LogP contribution >= 0.6 is 22.6 Å². The molecule has 1 aromatic rings. The number of alkyl halides is 1. The molecule has 1 aliphatic heterocycles. The van der Waals surface area contributed by atoms with Crippen molar-refractivity contribution >= 4 is 34.5 Å². The second-order valence-electron chi connectivity index (χ2n) is 6.49. The van der Waals surface area contributed by atoms with Crippen LogP contribution in [0.2, 0.25) is 0 Å². The van der Waals surface area contributed by atoms with Crippen LogP contribution in [0.3, 0.4) is 0 Å². The summed E-state index contributed by atoms with van der Waals surface area (Å²) < 4.78 is 12.0. The molecule has 0 radical (unpaired) electrons. The second-order valence-corrected chi connectivity index (χ2v) is 7.56. The van der Waals surface area contributed by atoms with Crippen molar-refractivity contribution in [3.05, 3.63) is 35.4 Å². The van der Waals surface area contributed by atoms with Gasteiger partial charge in [-0.05, 0) is 44.1 Å². The maximum atomic E-state index is 12.3. The van der Waals surface area contributed by atoms with E-state index in [-0.39, 0.29) is 18.4 Å². The Morgan fingerprint density at radius 1 is 1.32 bits per heavy atom. The zero-order chi connectivity index (χ0) is 16.4. The molecule has 22 heavy (non-hydrogen) atoms. The molecule has 0 fully saturated rings. The monoisotopic (exact) mass is 416 g/mol. The minimum Gasteiger partial charge on any atom is -0.460 e. The van der Waals surface area contributed by atoms with E-state index in [0.29, 0.717) is 12.0 Å². The highest BCUT2D eigenvalue weighted by atomic mass is 127. The summed E-state index contributed by atoms with van der Waals surface area (Å²) in [5.41, 5.74) is -0.0829. The first-order chi connectivity index (χ1) is 10.3. The summed E-state index contributed by atoms with van der Waals surface area (Å²) in [5.74, 6) is -0.696. The van der Waals surface area contributed by atoms with Crippen molar-refractivity contribution in [1.29, 1.82) is 0 Å². The normalized spacial score (nSPS) is 20.5. The summed E-state index contributed by atoms with van der Waals surface area (Å²) in [6.45, 7) is 5.49. The number of esters is 2. The quantitative estimate of drug-likeness (QED) is 0.414. The van der Waals surface area contributed by atoms with Crippen LogP contribution < -0.4 is 0 Å². The van der Waals surface area contributed by atoms with Gasteiger partial charge in [0, 0.05) is 5.56 Å². The van der Waals surface area contributed by atoms with Crippen LogP contribution in [0.4, 0.5) is 0 Å². The Labute approximate surface area is 144 Å². The molecule has 0 aliphatic carbocycles. The summed E-state index contributed by atoms with van der Waals surface area (Å²) >= 11 is 2.28. The number of carbonyl (C=O) groups is 2. The lowest BCUT2D eigenvalue weighted by atomic mass is 9.85. The molecular formula is C17H21IO4. The lowest BCUT2D eigenvalue weighted by Crippen LogP contribution is -2.33. The molecule has 1 aliphatic rings. The molecule has 0 spiro atoms. The molecule has 120 valence electrons. The van der Waals surface area contributed by atoms with Gasteiger partial charge in [0.25, 0.3) is 0 Å². The van der Waals surface area contributed by atoms with Crippen molar-refractivity contribution in [3.8, 4) is 0 Å². The highest BCUT2D eigenvalue weighted by molar-refractivity contribution is 14.1. The van der Waals surface area contributed by atoms with Gasteiger partial charge in [0.2, 0.25) is 0 Å². The van der Waals surface area contributed by atoms with Crippen LogP contribution in [-0.4, -0.2) is 22.0 Å². The standard InChI is InChI=1S/C17H21IO4/c1-16(2,3)21-14(19)11-17(9-6-10-18)13-8-5-4-7-12(13)15(20)22-17/h4-5,7-8H,6,9-11H2,1-3H3. The molecule has 1 atom stereocenters. The smallest absolute Gasteiger partial charge is 0.339 e. The third-order valence-corrected chi connectivity index (χ3v) is 4.25. The summed E-state index contributed by atoms with van der Waals surface area (Å²) in [5, 5.41) is 0. The zero-order valence-corrected chi connectivity index (χ0v) is 15.3. The molecule has 0 bridgehead atoms. The molecule has 0 amide bonds. The van der Waals surface area contributed by atoms with E-state index in [1.54, 1.807) is 6.07 Å².